The molecule has 0 amide bonds. The molecule has 2 saturated heterocycles. The molecule has 0 radical (unpaired) electrons. The first-order valence-electron chi connectivity index (χ1n) is 22.8. The number of carbonyl (C=O) groups is 2. The van der Waals surface area contributed by atoms with Crippen LogP contribution in [0.15, 0.2) is 0 Å². The Kier molecular flexibility index (Phi) is 41.4. The molecule has 0 unspecified atom stereocenters. The van der Waals surface area contributed by atoms with Crippen LogP contribution in [-0.4, -0.2) is 132 Å². The summed E-state index contributed by atoms with van der Waals surface area (Å²) < 4.78 is 66.3. The van der Waals surface area contributed by atoms with E-state index in [1.165, 1.54) is 21.6 Å². The van der Waals surface area contributed by atoms with E-state index in [0.717, 1.165) is 78.0 Å². The Morgan fingerprint density at radius 3 is 0.757 bits per heavy atom. The number of carboxylic acid groups (broad SMARTS) is 2. The van der Waals surface area contributed by atoms with Gasteiger partial charge in [-0.1, -0.05) is 21.6 Å². The zero-order valence-corrected chi connectivity index (χ0v) is 49.3. The SMILES string of the molecule is CC(C)(SSC(C)(C)[C@H](N)C(=O)[O-])[C@H](N)C(=O)[O-].C[C@H]1CC(C)(C)NCCN[C@@H](C)CC(C)(C)NCCN1.C[C@H]1CC(C)(C)NCCN[C@@H](C)CC(C)(C)NCCN1.[Ni+2].[Ni+2].[O-][Cl+3]([O-])([O-])[O-].[O-][Cl+3]([O-])([O-])[O-]. The number of carbonyl (C=O) groups excluding carboxylic acids is 2. The molecule has 0 saturated carbocycles. The number of nitrogens with one attached hydrogen (secondary N) is 8. The van der Waals surface area contributed by atoms with Crippen LogP contribution in [0, 0.1) is 20.5 Å². The van der Waals surface area contributed by atoms with Gasteiger partial charge >= 0.3 is 33.0 Å². The van der Waals surface area contributed by atoms with Crippen LogP contribution in [-0.2, 0) is 42.6 Å². The van der Waals surface area contributed by atoms with Crippen molar-refractivity contribution in [3.8, 4) is 0 Å². The zero-order valence-electron chi connectivity index (χ0n) is 44.2. The van der Waals surface area contributed by atoms with Gasteiger partial charge in [0.2, 0.25) is 0 Å². The number of nitrogens with two attached hydrogens (primary N) is 2. The summed E-state index contributed by atoms with van der Waals surface area (Å²) in [7, 11) is -7.55. The van der Waals surface area contributed by atoms with E-state index in [-0.39, 0.29) is 55.1 Å². The maximum Gasteiger partial charge on any atom is 2.00 e. The van der Waals surface area contributed by atoms with Gasteiger partial charge in [-0.05, 0) is 136 Å². The summed E-state index contributed by atoms with van der Waals surface area (Å²) in [6, 6.07) is -0.168. The van der Waals surface area contributed by atoms with Crippen LogP contribution < -0.4 is 101 Å². The van der Waals surface area contributed by atoms with Gasteiger partial charge in [-0.3, -0.25) is 0 Å². The van der Waals surface area contributed by atoms with E-state index in [0.29, 0.717) is 24.2 Å². The van der Waals surface area contributed by atoms with Crippen LogP contribution in [0.2, 0.25) is 0 Å². The summed E-state index contributed by atoms with van der Waals surface area (Å²) in [6.07, 6.45) is 4.58. The Bertz CT molecular complexity index is 1230. The van der Waals surface area contributed by atoms with Crippen LogP contribution in [0.25, 0.3) is 0 Å². The quantitative estimate of drug-likeness (QED) is 0.0836. The first-order valence-corrected chi connectivity index (χ1v) is 27.4. The van der Waals surface area contributed by atoms with Crippen molar-refractivity contribution in [1.29, 1.82) is 0 Å². The van der Waals surface area contributed by atoms with Crippen molar-refractivity contribution in [3.63, 3.8) is 0 Å². The molecule has 22 nitrogen and oxygen atoms in total. The fourth-order valence-electron chi connectivity index (χ4n) is 7.40. The van der Waals surface area contributed by atoms with Gasteiger partial charge < -0.3 is 73.8 Å². The number of hydrogen-bond donors (Lipinski definition) is 10. The Labute approximate surface area is 452 Å². The number of hydrogen-bond acceptors (Lipinski definition) is 24. The Balaban J connectivity index is -0.000000271. The molecule has 2 rings (SSSR count). The van der Waals surface area contributed by atoms with Crippen LogP contribution in [0.1, 0.15) is 136 Å². The normalized spacial score (nSPS) is 24.9. The average Bonchev–Trinajstić information content (AvgIpc) is 3.12. The Morgan fingerprint density at radius 2 is 0.614 bits per heavy atom. The average molecular weight is 1180 g/mol. The fraction of sp³-hybridized carbons (Fsp3) is 0.952. The predicted molar refractivity (Wildman–Crippen MR) is 246 cm³/mol. The summed E-state index contributed by atoms with van der Waals surface area (Å²) in [5, 5.41) is 50.6. The molecule has 0 aromatic heterocycles. The summed E-state index contributed by atoms with van der Waals surface area (Å²) in [4.78, 5) is 21.5. The first kappa shape index (κ1) is 79.4. The summed E-state index contributed by atoms with van der Waals surface area (Å²) in [5.41, 5.74) is 11.8. The van der Waals surface area contributed by atoms with Crippen molar-refractivity contribution in [1.82, 2.24) is 42.5 Å². The van der Waals surface area contributed by atoms with Gasteiger partial charge in [0.15, 0.2) is 0 Å². The molecule has 2 heterocycles. The molecular weight excluding hydrogens is 1090 g/mol. The number of aliphatic carboxylic acids is 2. The largest absolute Gasteiger partial charge is 2.00 e. The van der Waals surface area contributed by atoms with Crippen LogP contribution >= 0.6 is 21.6 Å². The van der Waals surface area contributed by atoms with Crippen LogP contribution in [0.4, 0.5) is 0 Å². The van der Waals surface area contributed by atoms with Crippen molar-refractivity contribution < 1.29 is 111 Å². The molecule has 0 aliphatic carbocycles. The van der Waals surface area contributed by atoms with Gasteiger partial charge in [0.25, 0.3) is 0 Å². The number of carboxylic acids is 2. The molecule has 28 heteroatoms. The zero-order chi connectivity index (χ0) is 54.2. The van der Waals surface area contributed by atoms with E-state index in [9.17, 15) is 19.8 Å². The minimum atomic E-state index is -4.94. The molecule has 426 valence electrons. The molecule has 0 bridgehead atoms. The van der Waals surface area contributed by atoms with Gasteiger partial charge in [0.05, 0.1) is 24.0 Å². The van der Waals surface area contributed by atoms with Gasteiger partial charge in [-0.25, -0.2) is 37.3 Å². The third-order valence-corrected chi connectivity index (χ3v) is 14.9. The van der Waals surface area contributed by atoms with E-state index >= 15 is 0 Å². The fourth-order valence-corrected chi connectivity index (χ4v) is 10.1. The van der Waals surface area contributed by atoms with Crippen molar-refractivity contribution in [2.45, 2.75) is 204 Å². The molecule has 0 aromatic carbocycles. The standard InChI is InChI=1S/2C16H36N4.C10H20N2O4S2.2ClHO4.2Ni/c2*1-13-11-15(3,4)19-10-8-18-14(2)12-16(5,6)20-9-7-17-13;1-9(2,5(11)7(13)14)17-18-10(3,4)6(12)8(15)16;2*2-1(3,4)5;;/h2*13-14,17-20H,7-12H2,1-6H3;5-6H,11-12H2,1-4H3,(H,13,14)(H,15,16);2*(H,2,3,4,5);;/q;;;;;2*+2/p-4/t2*13-,14-;5-,6-;;;;/m001..../s1. The Morgan fingerprint density at radius 1 is 0.457 bits per heavy atom. The molecule has 0 aromatic rings. The van der Waals surface area contributed by atoms with Gasteiger partial charge in [-0.15, -0.1) is 20.5 Å². The Hall–Kier alpha value is 0.487. The van der Waals surface area contributed by atoms with E-state index in [2.05, 4.69) is 126 Å². The van der Waals surface area contributed by atoms with E-state index in [4.69, 9.17) is 48.7 Å². The molecule has 2 aliphatic rings. The van der Waals surface area contributed by atoms with Crippen LogP contribution in [0.3, 0.4) is 0 Å². The summed E-state index contributed by atoms with van der Waals surface area (Å²) >= 11 is 0. The number of rotatable bonds is 7. The molecule has 6 atom stereocenters. The predicted octanol–water partition coefficient (Wildman–Crippen LogP) is -8.49. The molecule has 2 fully saturated rings. The third-order valence-electron chi connectivity index (χ3n) is 10.6. The first-order chi connectivity index (χ1) is 30.3. The summed E-state index contributed by atoms with van der Waals surface area (Å²) in [6.45, 7) is 42.3. The third kappa shape index (κ3) is 49.4. The van der Waals surface area contributed by atoms with Crippen LogP contribution in [0.5, 0.6) is 0 Å². The van der Waals surface area contributed by atoms with Gasteiger partial charge in [-0.2, -0.15) is 0 Å². The topological polar surface area (TPSA) is 413 Å². The molecular formula is C42H90Cl2N10Ni2O12S2. The monoisotopic (exact) mass is 1180 g/mol. The minimum Gasteiger partial charge on any atom is -0.548 e. The van der Waals surface area contributed by atoms with Gasteiger partial charge in [0, 0.05) is 108 Å². The smallest absolute Gasteiger partial charge is 0.548 e. The van der Waals surface area contributed by atoms with Gasteiger partial charge in [0.1, 0.15) is 0 Å². The maximum absolute atomic E-state index is 10.7. The molecule has 2 aliphatic heterocycles. The molecule has 70 heavy (non-hydrogen) atoms. The van der Waals surface area contributed by atoms with E-state index in [1.54, 1.807) is 27.7 Å². The second kappa shape index (κ2) is 36.5. The van der Waals surface area contributed by atoms with Crippen molar-refractivity contribution in [3.05, 3.63) is 0 Å². The molecule has 0 spiro atoms. The minimum absolute atomic E-state index is 0. The summed E-state index contributed by atoms with van der Waals surface area (Å²) in [5.74, 6) is -2.70. The molecule has 12 N–H and O–H groups in total. The van der Waals surface area contributed by atoms with E-state index < -0.39 is 54.0 Å². The van der Waals surface area contributed by atoms with Crippen molar-refractivity contribution in [2.75, 3.05) is 52.4 Å². The number of halogens is 2. The second-order valence-electron chi connectivity index (χ2n) is 21.2. The van der Waals surface area contributed by atoms with Crippen molar-refractivity contribution in [2.24, 2.45) is 11.5 Å². The second-order valence-corrected chi connectivity index (χ2v) is 26.2. The maximum atomic E-state index is 10.7. The van der Waals surface area contributed by atoms with Crippen molar-refractivity contribution >= 4 is 33.5 Å². The van der Waals surface area contributed by atoms with E-state index in [1.807, 2.05) is 0 Å².